The minimum Gasteiger partial charge on any atom is -0.444 e. The summed E-state index contributed by atoms with van der Waals surface area (Å²) in [5, 5.41) is 0. The molecule has 3 aliphatic rings. The number of rotatable bonds is 1. The van der Waals surface area contributed by atoms with Crippen molar-refractivity contribution in [2.24, 2.45) is 0 Å². The molecule has 1 spiro atoms. The number of amides is 1. The molecule has 0 radical (unpaired) electrons. The maximum absolute atomic E-state index is 11.8. The highest BCUT2D eigenvalue weighted by Crippen LogP contribution is 2.50. The van der Waals surface area contributed by atoms with Gasteiger partial charge in [0.15, 0.2) is 0 Å². The fourth-order valence-corrected chi connectivity index (χ4v) is 3.67. The summed E-state index contributed by atoms with van der Waals surface area (Å²) < 4.78 is 5.49. The summed E-state index contributed by atoms with van der Waals surface area (Å²) in [6.45, 7) is 3.84. The molecule has 0 bridgehead atoms. The normalized spacial score (nSPS) is 43.5. The molecule has 2 heterocycles. The van der Waals surface area contributed by atoms with Gasteiger partial charge in [-0.05, 0) is 38.5 Å². The van der Waals surface area contributed by atoms with Crippen LogP contribution in [0.25, 0.3) is 0 Å². The Labute approximate surface area is 90.1 Å². The molecule has 3 heteroatoms. The fraction of sp³-hybridized carbons (Fsp3) is 0.750. The summed E-state index contributed by atoms with van der Waals surface area (Å²) in [7, 11) is 0. The highest BCUT2D eigenvalue weighted by Gasteiger charge is 2.59. The summed E-state index contributed by atoms with van der Waals surface area (Å²) in [5.41, 5.74) is 0.0359. The molecular formula is C12H17NO2. The van der Waals surface area contributed by atoms with Crippen LogP contribution in [-0.2, 0) is 4.74 Å². The number of carbonyl (C=O) groups is 1. The Morgan fingerprint density at radius 3 is 2.87 bits per heavy atom. The highest BCUT2D eigenvalue weighted by molar-refractivity contribution is 5.73. The number of carbonyl (C=O) groups excluding carboxylic acids is 1. The Hall–Kier alpha value is -0.990. The third-order valence-corrected chi connectivity index (χ3v) is 4.31. The molecule has 2 aliphatic heterocycles. The molecule has 1 aliphatic carbocycles. The lowest BCUT2D eigenvalue weighted by molar-refractivity contribution is 0.0731. The van der Waals surface area contributed by atoms with E-state index in [-0.39, 0.29) is 23.8 Å². The van der Waals surface area contributed by atoms with Crippen molar-refractivity contribution in [1.82, 2.24) is 4.90 Å². The van der Waals surface area contributed by atoms with E-state index in [1.54, 1.807) is 0 Å². The van der Waals surface area contributed by atoms with Crippen LogP contribution in [0.4, 0.5) is 4.79 Å². The minimum atomic E-state index is -0.107. The lowest BCUT2D eigenvalue weighted by Crippen LogP contribution is -2.55. The molecule has 82 valence electrons. The first-order valence-corrected chi connectivity index (χ1v) is 5.90. The molecule has 3 rings (SSSR count). The van der Waals surface area contributed by atoms with Crippen molar-refractivity contribution < 1.29 is 9.53 Å². The van der Waals surface area contributed by atoms with Gasteiger partial charge in [0.25, 0.3) is 0 Å². The Morgan fingerprint density at radius 1 is 1.40 bits per heavy atom. The predicted molar refractivity (Wildman–Crippen MR) is 56.5 cm³/mol. The molecule has 2 saturated heterocycles. The smallest absolute Gasteiger partial charge is 0.411 e. The van der Waals surface area contributed by atoms with Gasteiger partial charge in [-0.2, -0.15) is 0 Å². The van der Waals surface area contributed by atoms with Gasteiger partial charge in [0.1, 0.15) is 6.10 Å². The molecule has 15 heavy (non-hydrogen) atoms. The van der Waals surface area contributed by atoms with Gasteiger partial charge >= 0.3 is 6.09 Å². The van der Waals surface area contributed by atoms with Crippen LogP contribution in [0.3, 0.4) is 0 Å². The molecular weight excluding hydrogens is 190 g/mol. The van der Waals surface area contributed by atoms with Gasteiger partial charge in [0.2, 0.25) is 0 Å². The summed E-state index contributed by atoms with van der Waals surface area (Å²) in [6.07, 6.45) is 8.68. The summed E-state index contributed by atoms with van der Waals surface area (Å²) in [4.78, 5) is 13.8. The zero-order chi connectivity index (χ0) is 10.5. The third kappa shape index (κ3) is 1.04. The van der Waals surface area contributed by atoms with Crippen LogP contribution in [0.5, 0.6) is 0 Å². The predicted octanol–water partition coefficient (Wildman–Crippen LogP) is 2.47. The lowest BCUT2D eigenvalue weighted by atomic mass is 9.81. The number of nitrogens with zero attached hydrogens (tertiary/aromatic N) is 1. The second-order valence-electron chi connectivity index (χ2n) is 4.93. The summed E-state index contributed by atoms with van der Waals surface area (Å²) in [6, 6.07) is 0.203. The minimum absolute atomic E-state index is 0.0359. The molecule has 0 N–H and O–H groups in total. The zero-order valence-corrected chi connectivity index (χ0v) is 8.95. The molecule has 0 aromatic heterocycles. The summed E-state index contributed by atoms with van der Waals surface area (Å²) in [5.74, 6) is 0. The molecule has 0 aromatic carbocycles. The van der Waals surface area contributed by atoms with E-state index in [4.69, 9.17) is 4.74 Å². The largest absolute Gasteiger partial charge is 0.444 e. The van der Waals surface area contributed by atoms with Crippen molar-refractivity contribution >= 4 is 6.09 Å². The number of hydrogen-bond donors (Lipinski definition) is 0. The van der Waals surface area contributed by atoms with Crippen molar-refractivity contribution in [1.29, 1.82) is 0 Å². The van der Waals surface area contributed by atoms with E-state index in [1.807, 2.05) is 11.0 Å². The molecule has 3 nitrogen and oxygen atoms in total. The van der Waals surface area contributed by atoms with Crippen molar-refractivity contribution in [2.45, 2.75) is 56.2 Å². The fourth-order valence-electron chi connectivity index (χ4n) is 3.67. The van der Waals surface area contributed by atoms with Gasteiger partial charge in [-0.1, -0.05) is 6.08 Å². The van der Waals surface area contributed by atoms with Gasteiger partial charge in [-0.15, -0.1) is 6.58 Å². The first-order chi connectivity index (χ1) is 7.28. The second kappa shape index (κ2) is 3.00. The Kier molecular flexibility index (Phi) is 1.85. The van der Waals surface area contributed by atoms with Crippen LogP contribution in [-0.4, -0.2) is 28.7 Å². The van der Waals surface area contributed by atoms with E-state index in [9.17, 15) is 4.79 Å². The Bertz CT molecular complexity index is 315. The van der Waals surface area contributed by atoms with Gasteiger partial charge < -0.3 is 4.74 Å². The molecule has 1 saturated carbocycles. The molecule has 3 fully saturated rings. The topological polar surface area (TPSA) is 29.5 Å². The first kappa shape index (κ1) is 9.25. The summed E-state index contributed by atoms with van der Waals surface area (Å²) >= 11 is 0. The first-order valence-electron chi connectivity index (χ1n) is 5.90. The average Bonchev–Trinajstić information content (AvgIpc) is 2.72. The van der Waals surface area contributed by atoms with Crippen molar-refractivity contribution in [3.05, 3.63) is 12.7 Å². The van der Waals surface area contributed by atoms with Crippen LogP contribution in [0, 0.1) is 0 Å². The van der Waals surface area contributed by atoms with Crippen LogP contribution in [0.15, 0.2) is 12.7 Å². The highest BCUT2D eigenvalue weighted by atomic mass is 16.6. The quantitative estimate of drug-likeness (QED) is 0.618. The molecule has 0 unspecified atom stereocenters. The van der Waals surface area contributed by atoms with Crippen molar-refractivity contribution in [3.8, 4) is 0 Å². The van der Waals surface area contributed by atoms with Gasteiger partial charge in [-0.3, -0.25) is 4.90 Å². The lowest BCUT2D eigenvalue weighted by Gasteiger charge is -2.43. The second-order valence-corrected chi connectivity index (χ2v) is 4.93. The van der Waals surface area contributed by atoms with Crippen LogP contribution in [0.2, 0.25) is 0 Å². The van der Waals surface area contributed by atoms with Crippen LogP contribution >= 0.6 is 0 Å². The third-order valence-electron chi connectivity index (χ3n) is 4.31. The van der Waals surface area contributed by atoms with E-state index < -0.39 is 0 Å². The maximum atomic E-state index is 11.8. The van der Waals surface area contributed by atoms with Gasteiger partial charge in [0, 0.05) is 0 Å². The van der Waals surface area contributed by atoms with Crippen LogP contribution < -0.4 is 0 Å². The van der Waals surface area contributed by atoms with Crippen molar-refractivity contribution in [3.63, 3.8) is 0 Å². The van der Waals surface area contributed by atoms with E-state index in [0.29, 0.717) is 0 Å². The SMILES string of the molecule is C=C[C@H]1CCC[C@@]23CCC[C@@H]2OC(=O)N13. The average molecular weight is 207 g/mol. The Balaban J connectivity index is 2.00. The molecule has 0 aromatic rings. The number of hydrogen-bond acceptors (Lipinski definition) is 2. The molecule has 1 amide bonds. The standard InChI is InChI=1S/C12H17NO2/c1-2-9-5-3-7-12-8-4-6-10(12)15-11(14)13(9)12/h2,9-10H,1,3-8H2/t9-,10-,12+/m0/s1. The van der Waals surface area contributed by atoms with E-state index in [0.717, 1.165) is 25.7 Å². The van der Waals surface area contributed by atoms with E-state index >= 15 is 0 Å². The van der Waals surface area contributed by atoms with Crippen LogP contribution in [0.1, 0.15) is 38.5 Å². The van der Waals surface area contributed by atoms with Gasteiger partial charge in [0.05, 0.1) is 11.6 Å². The monoisotopic (exact) mass is 207 g/mol. The van der Waals surface area contributed by atoms with E-state index in [2.05, 4.69) is 6.58 Å². The maximum Gasteiger partial charge on any atom is 0.411 e. The number of ether oxygens (including phenoxy) is 1. The van der Waals surface area contributed by atoms with Gasteiger partial charge in [-0.25, -0.2) is 4.79 Å². The molecule has 3 atom stereocenters. The van der Waals surface area contributed by atoms with Crippen molar-refractivity contribution in [2.75, 3.05) is 0 Å². The zero-order valence-electron chi connectivity index (χ0n) is 8.95. The van der Waals surface area contributed by atoms with E-state index in [1.165, 1.54) is 12.8 Å². The number of piperidine rings is 1. The Morgan fingerprint density at radius 2 is 2.13 bits per heavy atom.